The van der Waals surface area contributed by atoms with Gasteiger partial charge in [0.05, 0.1) is 12.1 Å². The van der Waals surface area contributed by atoms with Gasteiger partial charge >= 0.3 is 5.97 Å². The molecule has 0 fully saturated rings. The van der Waals surface area contributed by atoms with Crippen LogP contribution in [0.2, 0.25) is 0 Å². The third kappa shape index (κ3) is 2.79. The van der Waals surface area contributed by atoms with Crippen molar-refractivity contribution >= 4 is 5.97 Å². The van der Waals surface area contributed by atoms with E-state index < -0.39 is 5.97 Å². The van der Waals surface area contributed by atoms with Crippen LogP contribution in [0.5, 0.6) is 0 Å². The maximum absolute atomic E-state index is 11.3. The minimum Gasteiger partial charge on any atom is -0.478 e. The first-order chi connectivity index (χ1) is 9.63. The van der Waals surface area contributed by atoms with Crippen LogP contribution in [0.3, 0.4) is 0 Å². The van der Waals surface area contributed by atoms with Gasteiger partial charge < -0.3 is 5.11 Å². The average molecular weight is 267 g/mol. The topological polar surface area (TPSA) is 86.1 Å². The third-order valence-corrected chi connectivity index (χ3v) is 3.07. The maximum atomic E-state index is 11.3. The Bertz CT molecular complexity index is 704. The molecule has 0 amide bonds. The highest BCUT2D eigenvalue weighted by molar-refractivity contribution is 5.96. The van der Waals surface area contributed by atoms with Crippen molar-refractivity contribution in [2.24, 2.45) is 5.11 Å². The van der Waals surface area contributed by atoms with Gasteiger partial charge in [0.25, 0.3) is 0 Å². The first-order valence-corrected chi connectivity index (χ1v) is 6.06. The third-order valence-electron chi connectivity index (χ3n) is 3.07. The van der Waals surface area contributed by atoms with Crippen LogP contribution < -0.4 is 0 Å². The van der Waals surface area contributed by atoms with Gasteiger partial charge in [0.15, 0.2) is 0 Å². The zero-order valence-corrected chi connectivity index (χ0v) is 10.9. The van der Waals surface area contributed by atoms with Crippen LogP contribution >= 0.6 is 0 Å². The molecule has 20 heavy (non-hydrogen) atoms. The quantitative estimate of drug-likeness (QED) is 0.512. The standard InChI is InChI=1S/C15H13N3O2/c1-10-4-2-3-5-12(10)14-8-11(9-17-18-16)6-7-13(14)15(19)20/h2-8H,9H2,1H3,(H,19,20). The van der Waals surface area contributed by atoms with Crippen molar-refractivity contribution in [1.82, 2.24) is 0 Å². The molecule has 0 saturated heterocycles. The number of hydrogen-bond donors (Lipinski definition) is 1. The van der Waals surface area contributed by atoms with Gasteiger partial charge in [0.1, 0.15) is 0 Å². The molecule has 0 aliphatic rings. The zero-order valence-electron chi connectivity index (χ0n) is 10.9. The Hall–Kier alpha value is -2.78. The number of rotatable bonds is 4. The number of hydrogen-bond acceptors (Lipinski definition) is 2. The van der Waals surface area contributed by atoms with Gasteiger partial charge in [-0.1, -0.05) is 41.5 Å². The molecule has 2 aromatic carbocycles. The van der Waals surface area contributed by atoms with Crippen LogP contribution in [-0.4, -0.2) is 11.1 Å². The molecule has 5 nitrogen and oxygen atoms in total. The molecule has 5 heteroatoms. The van der Waals surface area contributed by atoms with Crippen molar-refractivity contribution in [2.75, 3.05) is 0 Å². The Kier molecular flexibility index (Phi) is 4.03. The lowest BCUT2D eigenvalue weighted by Gasteiger charge is -2.11. The second-order valence-corrected chi connectivity index (χ2v) is 4.39. The SMILES string of the molecule is Cc1ccccc1-c1cc(CN=[N+]=[N-])ccc1C(=O)O. The van der Waals surface area contributed by atoms with Crippen LogP contribution in [0.25, 0.3) is 21.6 Å². The van der Waals surface area contributed by atoms with Crippen LogP contribution in [0, 0.1) is 6.92 Å². The van der Waals surface area contributed by atoms with Crippen LogP contribution in [0.15, 0.2) is 47.6 Å². The van der Waals surface area contributed by atoms with Gasteiger partial charge in [-0.15, -0.1) is 0 Å². The van der Waals surface area contributed by atoms with E-state index in [-0.39, 0.29) is 12.1 Å². The van der Waals surface area contributed by atoms with Crippen LogP contribution in [-0.2, 0) is 6.54 Å². The van der Waals surface area contributed by atoms with Gasteiger partial charge in [-0.3, -0.25) is 0 Å². The van der Waals surface area contributed by atoms with E-state index in [0.29, 0.717) is 5.56 Å². The summed E-state index contributed by atoms with van der Waals surface area (Å²) in [5.41, 5.74) is 11.9. The van der Waals surface area contributed by atoms with E-state index in [4.69, 9.17) is 5.53 Å². The Balaban J connectivity index is 2.61. The number of azide groups is 1. The monoisotopic (exact) mass is 267 g/mol. The molecule has 0 aromatic heterocycles. The first-order valence-electron chi connectivity index (χ1n) is 6.06. The fourth-order valence-electron chi connectivity index (χ4n) is 2.09. The Morgan fingerprint density at radius 1 is 1.25 bits per heavy atom. The second kappa shape index (κ2) is 5.91. The molecule has 0 aliphatic heterocycles. The average Bonchev–Trinajstić information content (AvgIpc) is 2.45. The summed E-state index contributed by atoms with van der Waals surface area (Å²) in [4.78, 5) is 14.1. The summed E-state index contributed by atoms with van der Waals surface area (Å²) in [6.07, 6.45) is 0. The van der Waals surface area contributed by atoms with Gasteiger partial charge in [-0.05, 0) is 40.8 Å². The van der Waals surface area contributed by atoms with Crippen molar-refractivity contribution < 1.29 is 9.90 Å². The fraction of sp³-hybridized carbons (Fsp3) is 0.133. The fourth-order valence-corrected chi connectivity index (χ4v) is 2.09. The largest absolute Gasteiger partial charge is 0.478 e. The van der Waals surface area contributed by atoms with E-state index >= 15 is 0 Å². The molecule has 2 rings (SSSR count). The van der Waals surface area contributed by atoms with E-state index in [1.54, 1.807) is 18.2 Å². The second-order valence-electron chi connectivity index (χ2n) is 4.39. The number of aromatic carboxylic acids is 1. The number of carbonyl (C=O) groups is 1. The summed E-state index contributed by atoms with van der Waals surface area (Å²) in [6, 6.07) is 12.6. The number of aryl methyl sites for hydroxylation is 1. The van der Waals surface area contributed by atoms with Crippen molar-refractivity contribution in [3.8, 4) is 11.1 Å². The zero-order chi connectivity index (χ0) is 14.5. The molecule has 0 spiro atoms. The van der Waals surface area contributed by atoms with Gasteiger partial charge in [-0.25, -0.2) is 4.79 Å². The van der Waals surface area contributed by atoms with E-state index in [1.807, 2.05) is 31.2 Å². The van der Waals surface area contributed by atoms with Crippen LogP contribution in [0.1, 0.15) is 21.5 Å². The molecule has 0 aliphatic carbocycles. The van der Waals surface area contributed by atoms with E-state index in [0.717, 1.165) is 16.7 Å². The molecule has 0 atom stereocenters. The first kappa shape index (κ1) is 13.6. The molecular weight excluding hydrogens is 254 g/mol. The van der Waals surface area contributed by atoms with Crippen molar-refractivity contribution in [2.45, 2.75) is 13.5 Å². The van der Waals surface area contributed by atoms with Crippen molar-refractivity contribution in [3.05, 3.63) is 69.6 Å². The molecule has 0 heterocycles. The molecular formula is C15H13N3O2. The molecule has 100 valence electrons. The number of carboxylic acids is 1. The Morgan fingerprint density at radius 3 is 2.65 bits per heavy atom. The Morgan fingerprint density at radius 2 is 2.00 bits per heavy atom. The summed E-state index contributed by atoms with van der Waals surface area (Å²) in [5.74, 6) is -0.974. The molecule has 0 unspecified atom stereocenters. The highest BCUT2D eigenvalue weighted by atomic mass is 16.4. The summed E-state index contributed by atoms with van der Waals surface area (Å²) in [7, 11) is 0. The minimum atomic E-state index is -0.974. The summed E-state index contributed by atoms with van der Waals surface area (Å²) < 4.78 is 0. The highest BCUT2D eigenvalue weighted by Gasteiger charge is 2.13. The molecule has 0 saturated carbocycles. The van der Waals surface area contributed by atoms with Crippen LogP contribution in [0.4, 0.5) is 0 Å². The molecule has 1 N–H and O–H groups in total. The van der Waals surface area contributed by atoms with Gasteiger partial charge in [0.2, 0.25) is 0 Å². The predicted molar refractivity (Wildman–Crippen MR) is 76.4 cm³/mol. The summed E-state index contributed by atoms with van der Waals surface area (Å²) in [5, 5.41) is 12.8. The smallest absolute Gasteiger partial charge is 0.336 e. The molecule has 0 bridgehead atoms. The minimum absolute atomic E-state index is 0.204. The summed E-state index contributed by atoms with van der Waals surface area (Å²) >= 11 is 0. The van der Waals surface area contributed by atoms with Gasteiger partial charge in [0, 0.05) is 4.91 Å². The molecule has 0 radical (unpaired) electrons. The summed E-state index contributed by atoms with van der Waals surface area (Å²) in [6.45, 7) is 2.14. The highest BCUT2D eigenvalue weighted by Crippen LogP contribution is 2.28. The van der Waals surface area contributed by atoms with Gasteiger partial charge in [-0.2, -0.15) is 0 Å². The van der Waals surface area contributed by atoms with E-state index in [2.05, 4.69) is 10.0 Å². The molecule has 2 aromatic rings. The number of benzene rings is 2. The van der Waals surface area contributed by atoms with E-state index in [9.17, 15) is 9.90 Å². The Labute approximate surface area is 116 Å². The lowest BCUT2D eigenvalue weighted by Crippen LogP contribution is -2.01. The number of nitrogens with zero attached hydrogens (tertiary/aromatic N) is 3. The lowest BCUT2D eigenvalue weighted by atomic mass is 9.94. The number of carboxylic acid groups (broad SMARTS) is 1. The predicted octanol–water partition coefficient (Wildman–Crippen LogP) is 4.17. The lowest BCUT2D eigenvalue weighted by molar-refractivity contribution is 0.0697. The van der Waals surface area contributed by atoms with Crippen molar-refractivity contribution in [1.29, 1.82) is 0 Å². The maximum Gasteiger partial charge on any atom is 0.336 e. The normalized spacial score (nSPS) is 9.85. The van der Waals surface area contributed by atoms with E-state index in [1.165, 1.54) is 0 Å². The van der Waals surface area contributed by atoms with Crippen molar-refractivity contribution in [3.63, 3.8) is 0 Å².